The summed E-state index contributed by atoms with van der Waals surface area (Å²) in [5.41, 5.74) is 1.48. The van der Waals surface area contributed by atoms with Crippen LogP contribution in [0.1, 0.15) is 40.5 Å². The van der Waals surface area contributed by atoms with Crippen molar-refractivity contribution in [2.45, 2.75) is 46.6 Å². The fraction of sp³-hybridized carbons (Fsp3) is 0.560. The highest BCUT2D eigenvalue weighted by Gasteiger charge is 2.37. The van der Waals surface area contributed by atoms with E-state index in [1.807, 2.05) is 44.2 Å². The van der Waals surface area contributed by atoms with Gasteiger partial charge in [-0.2, -0.15) is 0 Å². The second-order valence-corrected chi connectivity index (χ2v) is 10.1. The Bertz CT molecular complexity index is 889. The minimum Gasteiger partial charge on any atom is -0.371 e. The number of urea groups is 1. The van der Waals surface area contributed by atoms with Gasteiger partial charge in [0.1, 0.15) is 16.6 Å². The lowest BCUT2D eigenvalue weighted by atomic mass is 9.96. The van der Waals surface area contributed by atoms with Gasteiger partial charge in [0.25, 0.3) is 0 Å². The molecule has 2 aliphatic heterocycles. The van der Waals surface area contributed by atoms with Crippen molar-refractivity contribution in [1.29, 1.82) is 5.41 Å². The number of nitrogens with zero attached hydrogens (tertiary/aromatic N) is 3. The summed E-state index contributed by atoms with van der Waals surface area (Å²) < 4.78 is 0. The van der Waals surface area contributed by atoms with Gasteiger partial charge in [-0.15, -0.1) is 0 Å². The number of nitrogens with one attached hydrogen (secondary N) is 3. The van der Waals surface area contributed by atoms with Crippen molar-refractivity contribution in [3.05, 3.63) is 41.7 Å². The molecule has 2 heterocycles. The quantitative estimate of drug-likeness (QED) is 0.389. The molecule has 0 unspecified atom stereocenters. The van der Waals surface area contributed by atoms with Crippen LogP contribution >= 0.6 is 12.2 Å². The Morgan fingerprint density at radius 1 is 1.15 bits per heavy atom. The fourth-order valence-corrected chi connectivity index (χ4v) is 4.58. The van der Waals surface area contributed by atoms with Gasteiger partial charge in [0, 0.05) is 31.9 Å². The van der Waals surface area contributed by atoms with Crippen LogP contribution in [0.2, 0.25) is 0 Å². The topological polar surface area (TPSA) is 74.7 Å². The maximum Gasteiger partial charge on any atom is 0.330 e. The largest absolute Gasteiger partial charge is 0.371 e. The maximum absolute atomic E-state index is 12.9. The molecule has 0 aliphatic carbocycles. The lowest BCUT2D eigenvalue weighted by Crippen LogP contribution is -2.56. The van der Waals surface area contributed by atoms with Crippen molar-refractivity contribution in [1.82, 2.24) is 20.0 Å². The van der Waals surface area contributed by atoms with Gasteiger partial charge in [0.05, 0.1) is 5.57 Å². The number of anilines is 1. The number of rotatable bonds is 8. The molecule has 8 heteroatoms. The van der Waals surface area contributed by atoms with Crippen LogP contribution in [0, 0.1) is 17.2 Å². The Kier molecular flexibility index (Phi) is 8.48. The number of benzene rings is 1. The van der Waals surface area contributed by atoms with Crippen LogP contribution in [0.3, 0.4) is 0 Å². The second-order valence-electron chi connectivity index (χ2n) is 9.69. The standard InChI is InChI=1S/C25H38N6OS/c1-17(2)16-31-22(26)21(24(33)29(5)25(31)32)23(28-20-9-7-6-8-10-20)27-15-19-11-13-30(14-12-19)18(3)4/h6-10,17-19,26-28H,11-16H2,1-5H3/b23-21-,26-22?. The Balaban J connectivity index is 1.87. The summed E-state index contributed by atoms with van der Waals surface area (Å²) in [6, 6.07) is 10.2. The summed E-state index contributed by atoms with van der Waals surface area (Å²) in [4.78, 5) is 18.7. The number of piperidine rings is 1. The molecule has 3 N–H and O–H groups in total. The monoisotopic (exact) mass is 470 g/mol. The summed E-state index contributed by atoms with van der Waals surface area (Å²) in [5, 5.41) is 15.9. The molecule has 180 valence electrons. The summed E-state index contributed by atoms with van der Waals surface area (Å²) in [6.45, 7) is 12.1. The van der Waals surface area contributed by atoms with Crippen molar-refractivity contribution < 1.29 is 4.79 Å². The summed E-state index contributed by atoms with van der Waals surface area (Å²) in [6.07, 6.45) is 2.28. The van der Waals surface area contributed by atoms with E-state index in [1.165, 1.54) is 9.80 Å². The van der Waals surface area contributed by atoms with Crippen molar-refractivity contribution >= 4 is 34.8 Å². The Labute approximate surface area is 203 Å². The highest BCUT2D eigenvalue weighted by Crippen LogP contribution is 2.24. The first-order valence-corrected chi connectivity index (χ1v) is 12.3. The molecule has 1 aromatic rings. The SMILES string of the molecule is CC(C)CN1C(=N)/C(=C(\NCC2CCN(C(C)C)CC2)Nc2ccccc2)C(=S)N(C)C1=O. The molecule has 33 heavy (non-hydrogen) atoms. The van der Waals surface area contributed by atoms with Gasteiger partial charge in [-0.3, -0.25) is 15.2 Å². The molecule has 0 radical (unpaired) electrons. The molecule has 3 rings (SSSR count). The van der Waals surface area contributed by atoms with E-state index < -0.39 is 0 Å². The Morgan fingerprint density at radius 3 is 2.36 bits per heavy atom. The van der Waals surface area contributed by atoms with E-state index in [-0.39, 0.29) is 17.8 Å². The van der Waals surface area contributed by atoms with E-state index in [1.54, 1.807) is 7.05 Å². The number of hydrogen-bond donors (Lipinski definition) is 3. The van der Waals surface area contributed by atoms with E-state index in [4.69, 9.17) is 17.6 Å². The van der Waals surface area contributed by atoms with Gasteiger partial charge in [-0.05, 0) is 63.7 Å². The van der Waals surface area contributed by atoms with Crippen molar-refractivity contribution in [3.63, 3.8) is 0 Å². The molecule has 0 aromatic heterocycles. The number of para-hydroxylation sites is 1. The highest BCUT2D eigenvalue weighted by molar-refractivity contribution is 7.80. The van der Waals surface area contributed by atoms with E-state index in [9.17, 15) is 4.79 Å². The van der Waals surface area contributed by atoms with Gasteiger partial charge < -0.3 is 15.5 Å². The molecule has 0 bridgehead atoms. The lowest BCUT2D eigenvalue weighted by molar-refractivity contribution is 0.149. The number of thiocarbonyl (C=S) groups is 1. The number of carbonyl (C=O) groups is 1. The first-order chi connectivity index (χ1) is 15.7. The summed E-state index contributed by atoms with van der Waals surface area (Å²) >= 11 is 5.67. The normalized spacial score (nSPS) is 20.2. The number of likely N-dealkylation sites (N-methyl/N-ethyl adjacent to an activating group) is 1. The predicted octanol–water partition coefficient (Wildman–Crippen LogP) is 4.35. The van der Waals surface area contributed by atoms with Gasteiger partial charge >= 0.3 is 6.03 Å². The zero-order valence-corrected chi connectivity index (χ0v) is 21.3. The third-order valence-electron chi connectivity index (χ3n) is 6.33. The molecular weight excluding hydrogens is 432 g/mol. The van der Waals surface area contributed by atoms with Crippen LogP contribution in [-0.4, -0.2) is 70.8 Å². The average molecular weight is 471 g/mol. The average Bonchev–Trinajstić information content (AvgIpc) is 2.79. The molecule has 0 atom stereocenters. The highest BCUT2D eigenvalue weighted by atomic mass is 32.1. The third kappa shape index (κ3) is 6.12. The first-order valence-electron chi connectivity index (χ1n) is 11.9. The smallest absolute Gasteiger partial charge is 0.330 e. The summed E-state index contributed by atoms with van der Waals surface area (Å²) in [5.74, 6) is 1.62. The molecule has 2 fully saturated rings. The van der Waals surface area contributed by atoms with Crippen LogP contribution < -0.4 is 10.6 Å². The molecular formula is C25H38N6OS. The van der Waals surface area contributed by atoms with Crippen LogP contribution in [0.25, 0.3) is 0 Å². The third-order valence-corrected chi connectivity index (χ3v) is 6.81. The Morgan fingerprint density at radius 2 is 1.79 bits per heavy atom. The van der Waals surface area contributed by atoms with Gasteiger partial charge in [0.2, 0.25) is 0 Å². The van der Waals surface area contributed by atoms with E-state index in [0.717, 1.165) is 38.2 Å². The number of hydrogen-bond acceptors (Lipinski definition) is 6. The number of amidine groups is 1. The number of likely N-dealkylation sites (tertiary alicyclic amines) is 1. The zero-order chi connectivity index (χ0) is 24.1. The molecule has 0 spiro atoms. The second kappa shape index (κ2) is 11.1. The number of amides is 2. The van der Waals surface area contributed by atoms with Crippen LogP contribution in [0.5, 0.6) is 0 Å². The number of carbonyl (C=O) groups excluding carboxylic acids is 1. The van der Waals surface area contributed by atoms with Gasteiger partial charge in [-0.1, -0.05) is 44.3 Å². The molecule has 2 saturated heterocycles. The zero-order valence-electron chi connectivity index (χ0n) is 20.5. The van der Waals surface area contributed by atoms with Crippen molar-refractivity contribution in [3.8, 4) is 0 Å². The van der Waals surface area contributed by atoms with Gasteiger partial charge in [-0.25, -0.2) is 4.79 Å². The van der Waals surface area contributed by atoms with E-state index in [2.05, 4.69) is 29.4 Å². The lowest BCUT2D eigenvalue weighted by Gasteiger charge is -2.38. The molecule has 0 saturated carbocycles. The van der Waals surface area contributed by atoms with Crippen LogP contribution in [-0.2, 0) is 0 Å². The molecule has 1 aromatic carbocycles. The van der Waals surface area contributed by atoms with Crippen molar-refractivity contribution in [2.75, 3.05) is 38.5 Å². The minimum absolute atomic E-state index is 0.150. The Hall–Kier alpha value is -2.45. The van der Waals surface area contributed by atoms with E-state index >= 15 is 0 Å². The molecule has 7 nitrogen and oxygen atoms in total. The maximum atomic E-state index is 12.9. The first kappa shape index (κ1) is 25.2. The van der Waals surface area contributed by atoms with Gasteiger partial charge in [0.15, 0.2) is 0 Å². The van der Waals surface area contributed by atoms with E-state index in [0.29, 0.717) is 34.9 Å². The van der Waals surface area contributed by atoms with Crippen molar-refractivity contribution in [2.24, 2.45) is 11.8 Å². The predicted molar refractivity (Wildman–Crippen MR) is 140 cm³/mol. The van der Waals surface area contributed by atoms with Crippen LogP contribution in [0.15, 0.2) is 41.7 Å². The molecule has 2 amide bonds. The van der Waals surface area contributed by atoms with Crippen LogP contribution in [0.4, 0.5) is 10.5 Å². The molecule has 2 aliphatic rings. The minimum atomic E-state index is -0.248. The summed E-state index contributed by atoms with van der Waals surface area (Å²) in [7, 11) is 1.69. The fourth-order valence-electron chi connectivity index (χ4n) is 4.31.